The predicted molar refractivity (Wildman–Crippen MR) is 65.0 cm³/mol. The number of carboxylic acid groups (broad SMARTS) is 1. The highest BCUT2D eigenvalue weighted by atomic mass is 16.4. The fourth-order valence-corrected chi connectivity index (χ4v) is 2.02. The van der Waals surface area contributed by atoms with Crippen LogP contribution >= 0.6 is 0 Å². The normalized spacial score (nSPS) is 11.1. The summed E-state index contributed by atoms with van der Waals surface area (Å²) in [6.45, 7) is 6.89. The molecule has 5 heteroatoms. The summed E-state index contributed by atoms with van der Waals surface area (Å²) >= 11 is 0. The van der Waals surface area contributed by atoms with Crippen LogP contribution in [0.1, 0.15) is 57.1 Å². The Kier molecular flexibility index (Phi) is 5.12. The van der Waals surface area contributed by atoms with Crippen LogP contribution in [0.4, 0.5) is 0 Å². The Morgan fingerprint density at radius 3 is 2.53 bits per heavy atom. The molecule has 0 atom stereocenters. The lowest BCUT2D eigenvalue weighted by atomic mass is 10.0. The van der Waals surface area contributed by atoms with E-state index in [1.54, 1.807) is 0 Å². The van der Waals surface area contributed by atoms with E-state index in [4.69, 9.17) is 5.11 Å². The van der Waals surface area contributed by atoms with Crippen molar-refractivity contribution in [2.75, 3.05) is 0 Å². The molecule has 5 nitrogen and oxygen atoms in total. The van der Waals surface area contributed by atoms with Crippen LogP contribution in [0.5, 0.6) is 0 Å². The molecule has 0 spiro atoms. The van der Waals surface area contributed by atoms with Crippen LogP contribution < -0.4 is 0 Å². The van der Waals surface area contributed by atoms with E-state index in [9.17, 15) is 4.79 Å². The molecule has 0 saturated carbocycles. The van der Waals surface area contributed by atoms with E-state index in [1.165, 1.54) is 0 Å². The van der Waals surface area contributed by atoms with Crippen LogP contribution in [0.2, 0.25) is 0 Å². The van der Waals surface area contributed by atoms with E-state index in [0.29, 0.717) is 18.9 Å². The van der Waals surface area contributed by atoms with Gasteiger partial charge in [0, 0.05) is 18.9 Å². The lowest BCUT2D eigenvalue weighted by Crippen LogP contribution is -2.11. The molecule has 0 fully saturated rings. The van der Waals surface area contributed by atoms with Gasteiger partial charge in [-0.3, -0.25) is 4.79 Å². The number of rotatable bonds is 7. The van der Waals surface area contributed by atoms with Crippen LogP contribution in [0, 0.1) is 6.92 Å². The van der Waals surface area contributed by atoms with Crippen LogP contribution in [0.25, 0.3) is 0 Å². The molecule has 0 aliphatic heterocycles. The van der Waals surface area contributed by atoms with Gasteiger partial charge >= 0.3 is 5.97 Å². The Hall–Kier alpha value is -1.39. The van der Waals surface area contributed by atoms with Crippen molar-refractivity contribution in [1.82, 2.24) is 14.8 Å². The van der Waals surface area contributed by atoms with Crippen molar-refractivity contribution in [1.29, 1.82) is 0 Å². The molecule has 0 amide bonds. The van der Waals surface area contributed by atoms with E-state index >= 15 is 0 Å². The molecule has 0 bridgehead atoms. The molecular formula is C12H21N3O2. The third kappa shape index (κ3) is 3.54. The Morgan fingerprint density at radius 2 is 2.00 bits per heavy atom. The van der Waals surface area contributed by atoms with Crippen molar-refractivity contribution in [2.24, 2.45) is 0 Å². The molecule has 0 aliphatic rings. The lowest BCUT2D eigenvalue weighted by molar-refractivity contribution is -0.137. The minimum Gasteiger partial charge on any atom is -0.481 e. The van der Waals surface area contributed by atoms with Gasteiger partial charge in [0.15, 0.2) is 0 Å². The molecule has 96 valence electrons. The maximum atomic E-state index is 10.5. The number of carbonyl (C=O) groups is 1. The third-order valence-electron chi connectivity index (χ3n) is 3.09. The number of hydrogen-bond acceptors (Lipinski definition) is 3. The topological polar surface area (TPSA) is 68.0 Å². The van der Waals surface area contributed by atoms with Crippen molar-refractivity contribution in [3.8, 4) is 0 Å². The number of aliphatic carboxylic acids is 1. The quantitative estimate of drug-likeness (QED) is 0.793. The molecule has 1 aromatic rings. The molecule has 0 radical (unpaired) electrons. The molecule has 1 aromatic heterocycles. The molecule has 1 N–H and O–H groups in total. The highest BCUT2D eigenvalue weighted by molar-refractivity contribution is 5.66. The minimum absolute atomic E-state index is 0.194. The molecular weight excluding hydrogens is 218 g/mol. The first-order chi connectivity index (χ1) is 8.10. The lowest BCUT2D eigenvalue weighted by Gasteiger charge is -2.14. The predicted octanol–water partition coefficient (Wildman–Crippen LogP) is 2.35. The Labute approximate surface area is 102 Å². The van der Waals surface area contributed by atoms with Gasteiger partial charge in [0.05, 0.1) is 0 Å². The maximum Gasteiger partial charge on any atom is 0.303 e. The van der Waals surface area contributed by atoms with Crippen molar-refractivity contribution in [3.63, 3.8) is 0 Å². The van der Waals surface area contributed by atoms with Gasteiger partial charge in [-0.1, -0.05) is 13.8 Å². The first-order valence-corrected chi connectivity index (χ1v) is 6.21. The first-order valence-electron chi connectivity index (χ1n) is 6.21. The van der Waals surface area contributed by atoms with Crippen LogP contribution in [-0.2, 0) is 11.3 Å². The van der Waals surface area contributed by atoms with Crippen molar-refractivity contribution in [2.45, 2.75) is 58.9 Å². The Balaban J connectivity index is 2.75. The molecule has 0 aliphatic carbocycles. The van der Waals surface area contributed by atoms with E-state index < -0.39 is 5.97 Å². The highest BCUT2D eigenvalue weighted by Crippen LogP contribution is 2.22. The summed E-state index contributed by atoms with van der Waals surface area (Å²) in [5.74, 6) is 1.54. The number of aryl methyl sites for hydroxylation is 1. The number of hydrogen-bond donors (Lipinski definition) is 1. The summed E-state index contributed by atoms with van der Waals surface area (Å²) in [4.78, 5) is 10.5. The average Bonchev–Trinajstić information content (AvgIpc) is 2.63. The van der Waals surface area contributed by atoms with Crippen LogP contribution in [0.3, 0.4) is 0 Å². The molecule has 17 heavy (non-hydrogen) atoms. The summed E-state index contributed by atoms with van der Waals surface area (Å²) in [7, 11) is 0. The molecule has 1 rings (SSSR count). The van der Waals surface area contributed by atoms with Gasteiger partial charge in [0.1, 0.15) is 11.6 Å². The number of nitrogens with zero attached hydrogens (tertiary/aromatic N) is 3. The summed E-state index contributed by atoms with van der Waals surface area (Å²) in [6, 6.07) is 0. The highest BCUT2D eigenvalue weighted by Gasteiger charge is 2.16. The minimum atomic E-state index is -0.750. The van der Waals surface area contributed by atoms with E-state index in [1.807, 2.05) is 6.92 Å². The van der Waals surface area contributed by atoms with Crippen LogP contribution in [0.15, 0.2) is 0 Å². The summed E-state index contributed by atoms with van der Waals surface area (Å²) in [5, 5.41) is 17.0. The average molecular weight is 239 g/mol. The smallest absolute Gasteiger partial charge is 0.303 e. The standard InChI is InChI=1S/C12H21N3O2/c1-4-10(5-2)12-14-13-9(3)15(12)8-6-7-11(16)17/h10H,4-8H2,1-3H3,(H,16,17). The van der Waals surface area contributed by atoms with Gasteiger partial charge < -0.3 is 9.67 Å². The fourth-order valence-electron chi connectivity index (χ4n) is 2.02. The van der Waals surface area contributed by atoms with E-state index in [0.717, 1.165) is 24.5 Å². The summed E-state index contributed by atoms with van der Waals surface area (Å²) in [6.07, 6.45) is 2.89. The number of carboxylic acids is 1. The van der Waals surface area contributed by atoms with Gasteiger partial charge in [-0.2, -0.15) is 0 Å². The van der Waals surface area contributed by atoms with Crippen molar-refractivity contribution < 1.29 is 9.90 Å². The van der Waals surface area contributed by atoms with Crippen molar-refractivity contribution >= 4 is 5.97 Å². The monoisotopic (exact) mass is 239 g/mol. The third-order valence-corrected chi connectivity index (χ3v) is 3.09. The zero-order valence-corrected chi connectivity index (χ0v) is 10.8. The maximum absolute atomic E-state index is 10.5. The first kappa shape index (κ1) is 13.7. The van der Waals surface area contributed by atoms with E-state index in [-0.39, 0.29) is 6.42 Å². The Morgan fingerprint density at radius 1 is 1.35 bits per heavy atom. The second kappa shape index (κ2) is 6.37. The van der Waals surface area contributed by atoms with E-state index in [2.05, 4.69) is 28.6 Å². The van der Waals surface area contributed by atoms with Crippen LogP contribution in [-0.4, -0.2) is 25.8 Å². The molecule has 0 unspecified atom stereocenters. The zero-order valence-electron chi connectivity index (χ0n) is 10.8. The fraction of sp³-hybridized carbons (Fsp3) is 0.750. The second-order valence-electron chi connectivity index (χ2n) is 4.27. The largest absolute Gasteiger partial charge is 0.481 e. The molecule has 0 aromatic carbocycles. The summed E-state index contributed by atoms with van der Waals surface area (Å²) in [5.41, 5.74) is 0. The van der Waals surface area contributed by atoms with Gasteiger partial charge in [-0.25, -0.2) is 0 Å². The molecule has 0 saturated heterocycles. The molecule has 1 heterocycles. The second-order valence-corrected chi connectivity index (χ2v) is 4.27. The van der Waals surface area contributed by atoms with Gasteiger partial charge in [-0.15, -0.1) is 10.2 Å². The zero-order chi connectivity index (χ0) is 12.8. The van der Waals surface area contributed by atoms with Gasteiger partial charge in [0.25, 0.3) is 0 Å². The SMILES string of the molecule is CCC(CC)c1nnc(C)n1CCCC(=O)O. The Bertz CT molecular complexity index is 370. The summed E-state index contributed by atoms with van der Waals surface area (Å²) < 4.78 is 2.06. The number of aromatic nitrogens is 3. The van der Waals surface area contributed by atoms with Crippen molar-refractivity contribution in [3.05, 3.63) is 11.6 Å². The van der Waals surface area contributed by atoms with Gasteiger partial charge in [-0.05, 0) is 26.2 Å². The van der Waals surface area contributed by atoms with Gasteiger partial charge in [0.2, 0.25) is 0 Å².